The molecule has 0 spiro atoms. The molecule has 0 aliphatic rings. The van der Waals surface area contributed by atoms with Crippen LogP contribution in [-0.2, 0) is 26.5 Å². The largest absolute Gasteiger partial charge is 0.325 e. The summed E-state index contributed by atoms with van der Waals surface area (Å²) < 4.78 is 2.36. The van der Waals surface area contributed by atoms with E-state index in [9.17, 15) is 0 Å². The van der Waals surface area contributed by atoms with E-state index in [1.165, 1.54) is 42.9 Å². The maximum Gasteiger partial charge on any atom is 0.0914 e. The first-order valence-corrected chi connectivity index (χ1v) is 10.9. The fourth-order valence-corrected chi connectivity index (χ4v) is 5.86. The minimum Gasteiger partial charge on any atom is -0.325 e. The maximum absolute atomic E-state index is 4.88. The Morgan fingerprint density at radius 2 is 1.77 bits per heavy atom. The van der Waals surface area contributed by atoms with E-state index >= 15 is 0 Å². The number of thiophene rings is 1. The van der Waals surface area contributed by atoms with Gasteiger partial charge in [-0.1, -0.05) is 44.4 Å². The van der Waals surface area contributed by atoms with Crippen molar-refractivity contribution in [1.29, 1.82) is 0 Å². The average molecular weight is 590 g/mol. The molecule has 5 rings (SSSR count). The molecular formula is C26H25IrN2S-. The smallest absolute Gasteiger partial charge is 0.0914 e. The summed E-state index contributed by atoms with van der Waals surface area (Å²) in [7, 11) is 0. The van der Waals surface area contributed by atoms with Crippen molar-refractivity contribution in [3.05, 3.63) is 70.7 Å². The summed E-state index contributed by atoms with van der Waals surface area (Å²) in [4.78, 5) is 7.58. The van der Waals surface area contributed by atoms with Crippen LogP contribution in [0.2, 0.25) is 0 Å². The molecule has 3 heterocycles. The zero-order valence-corrected chi connectivity index (χ0v) is 21.2. The first-order chi connectivity index (χ1) is 13.8. The quantitative estimate of drug-likeness (QED) is 0.197. The third kappa shape index (κ3) is 3.41. The van der Waals surface area contributed by atoms with E-state index in [-0.39, 0.29) is 25.5 Å². The SMILES string of the molecule is Cc1cccc(C)c1-c1cnc2c3[c-]cccc3c3cc(CC(C)(C)C)sc3n12.[Ir]. The zero-order valence-electron chi connectivity index (χ0n) is 18.0. The van der Waals surface area contributed by atoms with Crippen LogP contribution in [0.4, 0.5) is 0 Å². The number of nitrogens with zero attached hydrogens (tertiary/aromatic N) is 2. The van der Waals surface area contributed by atoms with Crippen LogP contribution in [0.25, 0.3) is 37.9 Å². The van der Waals surface area contributed by atoms with Crippen LogP contribution in [-0.4, -0.2) is 9.38 Å². The predicted octanol–water partition coefficient (Wildman–Crippen LogP) is 7.37. The molecule has 0 saturated carbocycles. The molecule has 0 N–H and O–H groups in total. The Balaban J connectivity index is 0.00000218. The van der Waals surface area contributed by atoms with Crippen LogP contribution in [0.3, 0.4) is 0 Å². The van der Waals surface area contributed by atoms with Gasteiger partial charge in [-0.05, 0) is 48.3 Å². The minimum atomic E-state index is 0. The van der Waals surface area contributed by atoms with Crippen molar-refractivity contribution in [2.75, 3.05) is 0 Å². The second-order valence-electron chi connectivity index (χ2n) is 9.20. The Kier molecular flexibility index (Phi) is 5.38. The van der Waals surface area contributed by atoms with E-state index in [1.54, 1.807) is 0 Å². The van der Waals surface area contributed by atoms with Crippen molar-refractivity contribution in [2.24, 2.45) is 5.41 Å². The first-order valence-electron chi connectivity index (χ1n) is 10.1. The van der Waals surface area contributed by atoms with Gasteiger partial charge in [-0.15, -0.1) is 41.0 Å². The molecule has 1 radical (unpaired) electrons. The van der Waals surface area contributed by atoms with Gasteiger partial charge in [-0.25, -0.2) is 0 Å². The Hall–Kier alpha value is -2.00. The summed E-state index contributed by atoms with van der Waals surface area (Å²) in [6, 6.07) is 18.6. The number of pyridine rings is 1. The van der Waals surface area contributed by atoms with Gasteiger partial charge in [0.15, 0.2) is 0 Å². The van der Waals surface area contributed by atoms with Gasteiger partial charge in [0.05, 0.1) is 16.2 Å². The summed E-state index contributed by atoms with van der Waals surface area (Å²) in [6.07, 6.45) is 3.10. The van der Waals surface area contributed by atoms with Gasteiger partial charge in [-0.2, -0.15) is 0 Å². The van der Waals surface area contributed by atoms with Gasteiger partial charge in [0.1, 0.15) is 0 Å². The number of fused-ring (bicyclic) bond motifs is 6. The van der Waals surface area contributed by atoms with Gasteiger partial charge in [0.2, 0.25) is 0 Å². The molecule has 30 heavy (non-hydrogen) atoms. The van der Waals surface area contributed by atoms with Crippen molar-refractivity contribution >= 4 is 38.0 Å². The number of hydrogen-bond donors (Lipinski definition) is 0. The third-order valence-corrected chi connectivity index (χ3v) is 6.66. The van der Waals surface area contributed by atoms with Crippen molar-refractivity contribution in [3.63, 3.8) is 0 Å². The number of rotatable bonds is 2. The van der Waals surface area contributed by atoms with E-state index in [4.69, 9.17) is 4.98 Å². The van der Waals surface area contributed by atoms with Crippen molar-refractivity contribution in [3.8, 4) is 11.3 Å². The summed E-state index contributed by atoms with van der Waals surface area (Å²) >= 11 is 1.90. The number of benzene rings is 2. The van der Waals surface area contributed by atoms with Crippen LogP contribution in [0, 0.1) is 25.3 Å². The number of hydrogen-bond acceptors (Lipinski definition) is 2. The van der Waals surface area contributed by atoms with Crippen LogP contribution >= 0.6 is 11.3 Å². The van der Waals surface area contributed by atoms with E-state index < -0.39 is 0 Å². The Morgan fingerprint density at radius 1 is 1.03 bits per heavy atom. The van der Waals surface area contributed by atoms with Crippen LogP contribution in [0.5, 0.6) is 0 Å². The average Bonchev–Trinajstić information content (AvgIpc) is 3.25. The molecule has 0 aliphatic carbocycles. The second-order valence-corrected chi connectivity index (χ2v) is 10.3. The van der Waals surface area contributed by atoms with Crippen molar-refractivity contribution in [1.82, 2.24) is 9.38 Å². The molecule has 155 valence electrons. The van der Waals surface area contributed by atoms with Crippen LogP contribution in [0.15, 0.2) is 48.7 Å². The standard InChI is InChI=1S/C26H25N2S.Ir/c1-16-9-8-10-17(2)23(16)22-15-27-24-20-12-7-6-11-19(20)21-13-18(14-26(3,4)5)29-25(21)28(22)24;/h6-11,13,15H,14H2,1-5H3;/q-1;. The van der Waals surface area contributed by atoms with Gasteiger partial charge < -0.3 is 4.40 Å². The van der Waals surface area contributed by atoms with E-state index in [2.05, 4.69) is 81.5 Å². The maximum atomic E-state index is 4.88. The summed E-state index contributed by atoms with van der Waals surface area (Å²) in [5, 5.41) is 3.64. The number of imidazole rings is 1. The topological polar surface area (TPSA) is 17.3 Å². The van der Waals surface area contributed by atoms with Crippen molar-refractivity contribution < 1.29 is 20.1 Å². The normalized spacial score (nSPS) is 12.0. The molecule has 0 atom stereocenters. The molecule has 0 fully saturated rings. The molecule has 0 saturated heterocycles. The fraction of sp³-hybridized carbons (Fsp3) is 0.269. The van der Waals surface area contributed by atoms with Crippen LogP contribution < -0.4 is 0 Å². The van der Waals surface area contributed by atoms with E-state index in [1.807, 2.05) is 23.6 Å². The molecule has 3 aromatic heterocycles. The molecule has 0 unspecified atom stereocenters. The Bertz CT molecular complexity index is 1370. The predicted molar refractivity (Wildman–Crippen MR) is 125 cm³/mol. The molecule has 0 amide bonds. The van der Waals surface area contributed by atoms with Gasteiger partial charge in [-0.3, -0.25) is 4.98 Å². The first kappa shape index (κ1) is 21.2. The van der Waals surface area contributed by atoms with Gasteiger partial charge in [0.25, 0.3) is 0 Å². The zero-order chi connectivity index (χ0) is 20.3. The Labute approximate surface area is 195 Å². The van der Waals surface area contributed by atoms with Gasteiger partial charge in [0, 0.05) is 36.7 Å². The summed E-state index contributed by atoms with van der Waals surface area (Å²) in [6.45, 7) is 11.3. The van der Waals surface area contributed by atoms with E-state index in [0.717, 1.165) is 17.5 Å². The van der Waals surface area contributed by atoms with Gasteiger partial charge >= 0.3 is 0 Å². The molecule has 2 nitrogen and oxygen atoms in total. The molecule has 5 aromatic rings. The molecular weight excluding hydrogens is 565 g/mol. The fourth-order valence-electron chi connectivity index (χ4n) is 4.38. The molecule has 4 heteroatoms. The molecule has 2 aromatic carbocycles. The minimum absolute atomic E-state index is 0. The van der Waals surface area contributed by atoms with Crippen LogP contribution in [0.1, 0.15) is 36.8 Å². The van der Waals surface area contributed by atoms with Crippen molar-refractivity contribution in [2.45, 2.75) is 41.0 Å². The number of aryl methyl sites for hydroxylation is 2. The summed E-state index contributed by atoms with van der Waals surface area (Å²) in [5.74, 6) is 0. The molecule has 0 aliphatic heterocycles. The summed E-state index contributed by atoms with van der Waals surface area (Å²) in [5.41, 5.74) is 6.26. The third-order valence-electron chi connectivity index (χ3n) is 5.54. The van der Waals surface area contributed by atoms with E-state index in [0.29, 0.717) is 0 Å². The number of aromatic nitrogens is 2. The Morgan fingerprint density at radius 3 is 2.47 bits per heavy atom. The molecule has 0 bridgehead atoms. The monoisotopic (exact) mass is 590 g/mol. The second kappa shape index (κ2) is 7.60.